The fourth-order valence-corrected chi connectivity index (χ4v) is 1.66. The smallest absolute Gasteiger partial charge is 0.290 e. The monoisotopic (exact) mass is 266 g/mol. The fraction of sp³-hybridized carbons (Fsp3) is 0.231. The molecular formula is C13H12F2N2O2. The molecule has 2 rings (SSSR count). The number of aromatic nitrogens is 1. The Balaban J connectivity index is 2.14. The van der Waals surface area contributed by atoms with E-state index in [2.05, 4.69) is 10.5 Å². The van der Waals surface area contributed by atoms with Crippen LogP contribution in [0, 0.1) is 18.6 Å². The van der Waals surface area contributed by atoms with Crippen molar-refractivity contribution in [1.82, 2.24) is 10.5 Å². The van der Waals surface area contributed by atoms with Gasteiger partial charge in [0.1, 0.15) is 11.6 Å². The number of nitrogens with zero attached hydrogens (tertiary/aromatic N) is 1. The number of nitrogens with one attached hydrogen (secondary N) is 1. The molecule has 0 aliphatic rings. The summed E-state index contributed by atoms with van der Waals surface area (Å²) in [6.45, 7) is 3.23. The highest BCUT2D eigenvalue weighted by atomic mass is 19.1. The standard InChI is InChI=1S/C13H12F2N2O2/c1-7-5-12(19-17-7)13(18)16-8(2)10-6-9(14)3-4-11(10)15/h3-6,8H,1-2H3,(H,16,18). The molecule has 1 unspecified atom stereocenters. The summed E-state index contributed by atoms with van der Waals surface area (Å²) in [6.07, 6.45) is 0. The second-order valence-electron chi connectivity index (χ2n) is 4.19. The molecule has 0 radical (unpaired) electrons. The molecule has 1 atom stereocenters. The number of hydrogen-bond donors (Lipinski definition) is 1. The van der Waals surface area contributed by atoms with Gasteiger partial charge in [0.2, 0.25) is 5.76 Å². The lowest BCUT2D eigenvalue weighted by Crippen LogP contribution is -2.27. The Morgan fingerprint density at radius 2 is 2.11 bits per heavy atom. The fourth-order valence-electron chi connectivity index (χ4n) is 1.66. The van der Waals surface area contributed by atoms with E-state index in [1.165, 1.54) is 6.07 Å². The summed E-state index contributed by atoms with van der Waals surface area (Å²) in [7, 11) is 0. The lowest BCUT2D eigenvalue weighted by molar-refractivity contribution is 0.0902. The predicted molar refractivity (Wildman–Crippen MR) is 63.5 cm³/mol. The lowest BCUT2D eigenvalue weighted by atomic mass is 10.1. The number of carbonyl (C=O) groups is 1. The van der Waals surface area contributed by atoms with Gasteiger partial charge in [-0.1, -0.05) is 5.16 Å². The Bertz CT molecular complexity index is 610. The van der Waals surface area contributed by atoms with Crippen LogP contribution in [0.2, 0.25) is 0 Å². The van der Waals surface area contributed by atoms with Crippen LogP contribution in [0.25, 0.3) is 0 Å². The molecule has 1 aromatic heterocycles. The van der Waals surface area contributed by atoms with Crippen molar-refractivity contribution < 1.29 is 18.1 Å². The number of aryl methyl sites for hydroxylation is 1. The minimum Gasteiger partial charge on any atom is -0.351 e. The third kappa shape index (κ3) is 2.96. The Hall–Kier alpha value is -2.24. The van der Waals surface area contributed by atoms with E-state index in [4.69, 9.17) is 4.52 Å². The van der Waals surface area contributed by atoms with Crippen molar-refractivity contribution in [2.45, 2.75) is 19.9 Å². The van der Waals surface area contributed by atoms with E-state index in [0.29, 0.717) is 5.69 Å². The maximum absolute atomic E-state index is 13.5. The number of benzene rings is 1. The van der Waals surface area contributed by atoms with Gasteiger partial charge in [-0.2, -0.15) is 0 Å². The molecule has 1 aromatic carbocycles. The van der Waals surface area contributed by atoms with Crippen LogP contribution in [0.5, 0.6) is 0 Å². The van der Waals surface area contributed by atoms with Crippen LogP contribution in [0.15, 0.2) is 28.8 Å². The first kappa shape index (κ1) is 13.2. The highest BCUT2D eigenvalue weighted by molar-refractivity contribution is 5.91. The summed E-state index contributed by atoms with van der Waals surface area (Å²) in [5, 5.41) is 6.09. The van der Waals surface area contributed by atoms with E-state index in [1.54, 1.807) is 13.8 Å². The van der Waals surface area contributed by atoms with Crippen molar-refractivity contribution >= 4 is 5.91 Å². The van der Waals surface area contributed by atoms with Gasteiger partial charge in [-0.05, 0) is 32.0 Å². The minimum absolute atomic E-state index is 0.0289. The van der Waals surface area contributed by atoms with Crippen molar-refractivity contribution in [2.24, 2.45) is 0 Å². The molecule has 4 nitrogen and oxygen atoms in total. The molecule has 6 heteroatoms. The molecule has 1 N–H and O–H groups in total. The minimum atomic E-state index is -0.686. The summed E-state index contributed by atoms with van der Waals surface area (Å²) in [4.78, 5) is 11.8. The Morgan fingerprint density at radius 1 is 1.37 bits per heavy atom. The van der Waals surface area contributed by atoms with E-state index in [1.807, 2.05) is 0 Å². The molecule has 0 spiro atoms. The van der Waals surface area contributed by atoms with Crippen LogP contribution >= 0.6 is 0 Å². The summed E-state index contributed by atoms with van der Waals surface area (Å²) >= 11 is 0. The van der Waals surface area contributed by atoms with Crippen molar-refractivity contribution in [2.75, 3.05) is 0 Å². The van der Waals surface area contributed by atoms with Gasteiger partial charge in [0.15, 0.2) is 0 Å². The zero-order valence-electron chi connectivity index (χ0n) is 10.4. The quantitative estimate of drug-likeness (QED) is 0.929. The Labute approximate surface area is 108 Å². The van der Waals surface area contributed by atoms with Crippen LogP contribution < -0.4 is 5.32 Å². The molecule has 1 amide bonds. The Kier molecular flexibility index (Phi) is 3.59. The van der Waals surface area contributed by atoms with Crippen LogP contribution in [0.1, 0.15) is 34.8 Å². The Morgan fingerprint density at radius 3 is 2.74 bits per heavy atom. The number of hydrogen-bond acceptors (Lipinski definition) is 3. The largest absolute Gasteiger partial charge is 0.351 e. The van der Waals surface area contributed by atoms with Gasteiger partial charge in [0.05, 0.1) is 11.7 Å². The average Bonchev–Trinajstić information content (AvgIpc) is 2.79. The van der Waals surface area contributed by atoms with E-state index >= 15 is 0 Å². The number of carbonyl (C=O) groups excluding carboxylic acids is 1. The zero-order valence-corrected chi connectivity index (χ0v) is 10.4. The second kappa shape index (κ2) is 5.17. The average molecular weight is 266 g/mol. The van der Waals surface area contributed by atoms with Gasteiger partial charge in [-0.25, -0.2) is 8.78 Å². The third-order valence-electron chi connectivity index (χ3n) is 2.62. The first-order chi connectivity index (χ1) is 8.97. The number of halogens is 2. The van der Waals surface area contributed by atoms with Gasteiger partial charge in [-0.3, -0.25) is 4.79 Å². The molecule has 0 saturated carbocycles. The predicted octanol–water partition coefficient (Wildman–Crippen LogP) is 2.75. The van der Waals surface area contributed by atoms with E-state index in [0.717, 1.165) is 18.2 Å². The number of amides is 1. The molecule has 0 bridgehead atoms. The van der Waals surface area contributed by atoms with Gasteiger partial charge in [0, 0.05) is 11.6 Å². The molecular weight excluding hydrogens is 254 g/mol. The highest BCUT2D eigenvalue weighted by Gasteiger charge is 2.18. The molecule has 0 fully saturated rings. The molecule has 0 saturated heterocycles. The maximum Gasteiger partial charge on any atom is 0.290 e. The van der Waals surface area contributed by atoms with E-state index in [9.17, 15) is 13.6 Å². The molecule has 1 heterocycles. The van der Waals surface area contributed by atoms with E-state index < -0.39 is 23.6 Å². The first-order valence-electron chi connectivity index (χ1n) is 5.66. The lowest BCUT2D eigenvalue weighted by Gasteiger charge is -2.14. The second-order valence-corrected chi connectivity index (χ2v) is 4.19. The summed E-state index contributed by atoms with van der Waals surface area (Å²) in [5.41, 5.74) is 0.638. The topological polar surface area (TPSA) is 55.1 Å². The van der Waals surface area contributed by atoms with Crippen LogP contribution in [-0.2, 0) is 0 Å². The number of rotatable bonds is 3. The van der Waals surface area contributed by atoms with Gasteiger partial charge in [0.25, 0.3) is 5.91 Å². The van der Waals surface area contributed by atoms with Crippen molar-refractivity contribution in [3.05, 3.63) is 52.9 Å². The van der Waals surface area contributed by atoms with Crippen LogP contribution in [0.4, 0.5) is 8.78 Å². The molecule has 0 aliphatic carbocycles. The highest BCUT2D eigenvalue weighted by Crippen LogP contribution is 2.18. The van der Waals surface area contributed by atoms with Gasteiger partial charge < -0.3 is 9.84 Å². The molecule has 100 valence electrons. The SMILES string of the molecule is Cc1cc(C(=O)NC(C)c2cc(F)ccc2F)on1. The van der Waals surface area contributed by atoms with Crippen LogP contribution in [0.3, 0.4) is 0 Å². The van der Waals surface area contributed by atoms with Gasteiger partial charge in [-0.15, -0.1) is 0 Å². The van der Waals surface area contributed by atoms with Crippen molar-refractivity contribution in [1.29, 1.82) is 0 Å². The molecule has 19 heavy (non-hydrogen) atoms. The third-order valence-corrected chi connectivity index (χ3v) is 2.62. The normalized spacial score (nSPS) is 12.2. The summed E-state index contributed by atoms with van der Waals surface area (Å²) in [5.74, 6) is -1.64. The summed E-state index contributed by atoms with van der Waals surface area (Å²) in [6, 6.07) is 3.86. The van der Waals surface area contributed by atoms with E-state index in [-0.39, 0.29) is 11.3 Å². The molecule has 0 aliphatic heterocycles. The summed E-state index contributed by atoms with van der Waals surface area (Å²) < 4.78 is 31.4. The van der Waals surface area contributed by atoms with Crippen molar-refractivity contribution in [3.8, 4) is 0 Å². The van der Waals surface area contributed by atoms with Crippen molar-refractivity contribution in [3.63, 3.8) is 0 Å². The first-order valence-corrected chi connectivity index (χ1v) is 5.66. The maximum atomic E-state index is 13.5. The van der Waals surface area contributed by atoms with Crippen LogP contribution in [-0.4, -0.2) is 11.1 Å². The zero-order chi connectivity index (χ0) is 14.0. The van der Waals surface area contributed by atoms with Gasteiger partial charge >= 0.3 is 0 Å². The molecule has 2 aromatic rings.